The van der Waals surface area contributed by atoms with E-state index in [0.29, 0.717) is 28.0 Å². The van der Waals surface area contributed by atoms with Gasteiger partial charge >= 0.3 is 0 Å². The summed E-state index contributed by atoms with van der Waals surface area (Å²) in [5, 5.41) is 3.40. The summed E-state index contributed by atoms with van der Waals surface area (Å²) in [4.78, 5) is 28.6. The molecule has 1 N–H and O–H groups in total. The standard InChI is InChI=1S/C22H21Cl2N3O3/c1-26(14-20(28)25-22-18(23)10-5-11-19(22)24)15-21(29)27(13-17-9-6-12-30-17)16-7-3-2-4-8-16/h2-12H,13-15H2,1H3,(H,25,28). The van der Waals surface area contributed by atoms with Crippen LogP contribution in [-0.2, 0) is 16.1 Å². The van der Waals surface area contributed by atoms with E-state index in [2.05, 4.69) is 5.32 Å². The summed E-state index contributed by atoms with van der Waals surface area (Å²) in [5.41, 5.74) is 1.11. The van der Waals surface area contributed by atoms with Crippen molar-refractivity contribution < 1.29 is 14.0 Å². The maximum Gasteiger partial charge on any atom is 0.241 e. The van der Waals surface area contributed by atoms with Crippen LogP contribution in [0.15, 0.2) is 71.3 Å². The summed E-state index contributed by atoms with van der Waals surface area (Å²) in [7, 11) is 1.70. The number of carbonyl (C=O) groups is 2. The van der Waals surface area contributed by atoms with Gasteiger partial charge in [-0.05, 0) is 43.4 Å². The number of benzene rings is 2. The third-order valence-electron chi connectivity index (χ3n) is 4.31. The molecule has 2 amide bonds. The second kappa shape index (κ2) is 10.3. The Kier molecular flexibility index (Phi) is 7.52. The fraction of sp³-hybridized carbons (Fsp3) is 0.182. The second-order valence-electron chi connectivity index (χ2n) is 6.71. The zero-order chi connectivity index (χ0) is 21.5. The molecule has 0 fully saturated rings. The molecule has 8 heteroatoms. The third-order valence-corrected chi connectivity index (χ3v) is 4.94. The molecule has 2 aromatic carbocycles. The van der Waals surface area contributed by atoms with Crippen LogP contribution < -0.4 is 10.2 Å². The number of nitrogens with zero attached hydrogens (tertiary/aromatic N) is 2. The topological polar surface area (TPSA) is 65.8 Å². The van der Waals surface area contributed by atoms with Crippen LogP contribution in [0.4, 0.5) is 11.4 Å². The van der Waals surface area contributed by atoms with E-state index >= 15 is 0 Å². The molecule has 0 aliphatic rings. The van der Waals surface area contributed by atoms with Gasteiger partial charge in [-0.3, -0.25) is 14.5 Å². The number of rotatable bonds is 8. The van der Waals surface area contributed by atoms with Crippen LogP contribution in [0.5, 0.6) is 0 Å². The van der Waals surface area contributed by atoms with Crippen molar-refractivity contribution >= 4 is 46.4 Å². The Morgan fingerprint density at radius 3 is 2.27 bits per heavy atom. The van der Waals surface area contributed by atoms with Gasteiger partial charge in [0.25, 0.3) is 0 Å². The van der Waals surface area contributed by atoms with E-state index in [1.807, 2.05) is 36.4 Å². The molecule has 0 atom stereocenters. The van der Waals surface area contributed by atoms with Crippen molar-refractivity contribution in [2.45, 2.75) is 6.54 Å². The van der Waals surface area contributed by atoms with Crippen molar-refractivity contribution in [3.8, 4) is 0 Å². The van der Waals surface area contributed by atoms with Crippen LogP contribution in [0.3, 0.4) is 0 Å². The number of hydrogen-bond acceptors (Lipinski definition) is 4. The first-order valence-corrected chi connectivity index (χ1v) is 10.00. The minimum absolute atomic E-state index is 0.00330. The van der Waals surface area contributed by atoms with Gasteiger partial charge in [-0.2, -0.15) is 0 Å². The molecule has 0 saturated carbocycles. The van der Waals surface area contributed by atoms with Crippen LogP contribution in [0, 0.1) is 0 Å². The Morgan fingerprint density at radius 1 is 0.933 bits per heavy atom. The third kappa shape index (κ3) is 5.86. The number of halogens is 2. The molecule has 0 spiro atoms. The van der Waals surface area contributed by atoms with Gasteiger partial charge in [0.05, 0.1) is 41.6 Å². The summed E-state index contributed by atoms with van der Waals surface area (Å²) in [6, 6.07) is 17.9. The first kappa shape index (κ1) is 21.9. The molecule has 6 nitrogen and oxygen atoms in total. The molecule has 0 aliphatic carbocycles. The number of anilines is 2. The lowest BCUT2D eigenvalue weighted by Crippen LogP contribution is -2.41. The number of amides is 2. The van der Waals surface area contributed by atoms with E-state index < -0.39 is 0 Å². The van der Waals surface area contributed by atoms with Crippen LogP contribution in [0.1, 0.15) is 5.76 Å². The lowest BCUT2D eigenvalue weighted by molar-refractivity contribution is -0.121. The summed E-state index contributed by atoms with van der Waals surface area (Å²) in [6.45, 7) is 0.334. The Bertz CT molecular complexity index is 974. The van der Waals surface area contributed by atoms with E-state index in [1.165, 1.54) is 0 Å². The highest BCUT2D eigenvalue weighted by atomic mass is 35.5. The van der Waals surface area contributed by atoms with Crippen LogP contribution in [-0.4, -0.2) is 36.9 Å². The van der Waals surface area contributed by atoms with Gasteiger partial charge in [0, 0.05) is 5.69 Å². The highest BCUT2D eigenvalue weighted by Crippen LogP contribution is 2.29. The number of nitrogens with one attached hydrogen (secondary N) is 1. The van der Waals surface area contributed by atoms with Crippen molar-refractivity contribution in [2.75, 3.05) is 30.4 Å². The number of furan rings is 1. The number of likely N-dealkylation sites (N-methyl/N-ethyl adjacent to an activating group) is 1. The molecular formula is C22H21Cl2N3O3. The van der Waals surface area contributed by atoms with E-state index in [9.17, 15) is 9.59 Å². The van der Waals surface area contributed by atoms with Gasteiger partial charge in [0.15, 0.2) is 0 Å². The Labute approximate surface area is 185 Å². The van der Waals surface area contributed by atoms with E-state index in [-0.39, 0.29) is 24.9 Å². The molecule has 0 saturated heterocycles. The van der Waals surface area contributed by atoms with Crippen molar-refractivity contribution in [3.63, 3.8) is 0 Å². The Hall–Kier alpha value is -2.80. The predicted octanol–water partition coefficient (Wildman–Crippen LogP) is 4.69. The maximum absolute atomic E-state index is 13.0. The smallest absolute Gasteiger partial charge is 0.241 e. The SMILES string of the molecule is CN(CC(=O)Nc1c(Cl)cccc1Cl)CC(=O)N(Cc1ccco1)c1ccccc1. The molecular weight excluding hydrogens is 425 g/mol. The zero-order valence-electron chi connectivity index (χ0n) is 16.3. The molecule has 0 bridgehead atoms. The van der Waals surface area contributed by atoms with Crippen molar-refractivity contribution in [2.24, 2.45) is 0 Å². The highest BCUT2D eigenvalue weighted by molar-refractivity contribution is 6.39. The quantitative estimate of drug-likeness (QED) is 0.545. The highest BCUT2D eigenvalue weighted by Gasteiger charge is 2.20. The van der Waals surface area contributed by atoms with Crippen LogP contribution in [0.25, 0.3) is 0 Å². The van der Waals surface area contributed by atoms with E-state index in [0.717, 1.165) is 5.69 Å². The zero-order valence-corrected chi connectivity index (χ0v) is 17.9. The molecule has 156 valence electrons. The lowest BCUT2D eigenvalue weighted by Gasteiger charge is -2.25. The molecule has 3 aromatic rings. The van der Waals surface area contributed by atoms with Crippen molar-refractivity contribution in [1.29, 1.82) is 0 Å². The van der Waals surface area contributed by atoms with E-state index in [4.69, 9.17) is 27.6 Å². The summed E-state index contributed by atoms with van der Waals surface area (Å²) < 4.78 is 5.40. The van der Waals surface area contributed by atoms with E-state index in [1.54, 1.807) is 47.4 Å². The average molecular weight is 446 g/mol. The first-order valence-electron chi connectivity index (χ1n) is 9.24. The summed E-state index contributed by atoms with van der Waals surface area (Å²) >= 11 is 12.2. The number of carbonyl (C=O) groups excluding carboxylic acids is 2. The molecule has 0 aliphatic heterocycles. The molecule has 1 heterocycles. The van der Waals surface area contributed by atoms with Gasteiger partial charge in [0.2, 0.25) is 11.8 Å². The fourth-order valence-corrected chi connectivity index (χ4v) is 3.40. The van der Waals surface area contributed by atoms with Gasteiger partial charge in [-0.25, -0.2) is 0 Å². The first-order chi connectivity index (χ1) is 14.4. The van der Waals surface area contributed by atoms with Gasteiger partial charge in [-0.15, -0.1) is 0 Å². The van der Waals surface area contributed by atoms with Gasteiger partial charge in [0.1, 0.15) is 5.76 Å². The largest absolute Gasteiger partial charge is 0.467 e. The normalized spacial score (nSPS) is 10.8. The average Bonchev–Trinajstić information content (AvgIpc) is 3.23. The van der Waals surface area contributed by atoms with Crippen molar-refractivity contribution in [1.82, 2.24) is 4.90 Å². The Morgan fingerprint density at radius 2 is 1.63 bits per heavy atom. The predicted molar refractivity (Wildman–Crippen MR) is 119 cm³/mol. The molecule has 3 rings (SSSR count). The lowest BCUT2D eigenvalue weighted by atomic mass is 10.2. The van der Waals surface area contributed by atoms with Crippen LogP contribution >= 0.6 is 23.2 Å². The van der Waals surface area contributed by atoms with Crippen molar-refractivity contribution in [3.05, 3.63) is 82.7 Å². The number of para-hydroxylation sites is 2. The fourth-order valence-electron chi connectivity index (χ4n) is 2.90. The summed E-state index contributed by atoms with van der Waals surface area (Å²) in [5.74, 6) is 0.183. The second-order valence-corrected chi connectivity index (χ2v) is 7.53. The van der Waals surface area contributed by atoms with Gasteiger partial charge < -0.3 is 14.6 Å². The Balaban J connectivity index is 1.64. The maximum atomic E-state index is 13.0. The molecule has 1 aromatic heterocycles. The van der Waals surface area contributed by atoms with Crippen LogP contribution in [0.2, 0.25) is 10.0 Å². The minimum atomic E-state index is -0.322. The number of hydrogen-bond donors (Lipinski definition) is 1. The molecule has 0 radical (unpaired) electrons. The molecule has 0 unspecified atom stereocenters. The molecule has 30 heavy (non-hydrogen) atoms. The minimum Gasteiger partial charge on any atom is -0.467 e. The monoisotopic (exact) mass is 445 g/mol. The summed E-state index contributed by atoms with van der Waals surface area (Å²) in [6.07, 6.45) is 1.57. The van der Waals surface area contributed by atoms with Gasteiger partial charge in [-0.1, -0.05) is 47.5 Å².